The quantitative estimate of drug-likeness (QED) is 0.613. The van der Waals surface area contributed by atoms with Gasteiger partial charge in [-0.15, -0.1) is 0 Å². The number of hydrogen-bond acceptors (Lipinski definition) is 6. The average Bonchev–Trinajstić information content (AvgIpc) is 3.03. The summed E-state index contributed by atoms with van der Waals surface area (Å²) < 4.78 is 22.3. The lowest BCUT2D eigenvalue weighted by Gasteiger charge is -2.36. The van der Waals surface area contributed by atoms with E-state index in [0.29, 0.717) is 6.61 Å². The van der Waals surface area contributed by atoms with Gasteiger partial charge in [-0.2, -0.15) is 0 Å². The molecule has 3 heterocycles. The van der Waals surface area contributed by atoms with Gasteiger partial charge in [-0.3, -0.25) is 9.69 Å². The molecule has 7 heteroatoms. The summed E-state index contributed by atoms with van der Waals surface area (Å²) in [6.45, 7) is 6.95. The van der Waals surface area contributed by atoms with Crippen molar-refractivity contribution in [1.29, 1.82) is 0 Å². The first-order chi connectivity index (χ1) is 11.8. The monoisotopic (exact) mass is 342 g/mol. The van der Waals surface area contributed by atoms with Gasteiger partial charge in [0.1, 0.15) is 6.61 Å². The number of amides is 1. The Labute approximate surface area is 144 Å². The van der Waals surface area contributed by atoms with Crippen LogP contribution in [-0.4, -0.2) is 100 Å². The van der Waals surface area contributed by atoms with Crippen molar-refractivity contribution in [2.75, 3.05) is 66.3 Å². The minimum Gasteiger partial charge on any atom is -0.379 e. The number of carbonyl (C=O) groups is 1. The summed E-state index contributed by atoms with van der Waals surface area (Å²) in [6.07, 6.45) is 3.19. The summed E-state index contributed by atoms with van der Waals surface area (Å²) in [5, 5.41) is 0. The number of hydrogen-bond donors (Lipinski definition) is 0. The van der Waals surface area contributed by atoms with Crippen molar-refractivity contribution in [2.24, 2.45) is 0 Å². The van der Waals surface area contributed by atoms with E-state index >= 15 is 0 Å². The van der Waals surface area contributed by atoms with Gasteiger partial charge in [-0.05, 0) is 19.3 Å². The van der Waals surface area contributed by atoms with Gasteiger partial charge < -0.3 is 23.8 Å². The van der Waals surface area contributed by atoms with Crippen LogP contribution in [0.15, 0.2) is 0 Å². The third kappa shape index (κ3) is 4.67. The SMILES string of the molecule is COCC(=O)N1CC[C@@H]2O[C@H](COCCN3CCOCC3)CC[C@@H]21. The standard InChI is InChI=1S/C17H30N2O5/c1-21-13-17(20)19-5-4-16-15(19)3-2-14(24-16)12-23-11-8-18-6-9-22-10-7-18/h14-16H,2-13H2,1H3/t14-,15-,16-/m0/s1. The number of likely N-dealkylation sites (tertiary alicyclic amines) is 1. The zero-order chi connectivity index (χ0) is 16.8. The molecule has 0 N–H and O–H groups in total. The molecule has 3 saturated heterocycles. The first kappa shape index (κ1) is 18.1. The maximum absolute atomic E-state index is 12.1. The zero-order valence-electron chi connectivity index (χ0n) is 14.7. The van der Waals surface area contributed by atoms with E-state index in [1.165, 1.54) is 0 Å². The summed E-state index contributed by atoms with van der Waals surface area (Å²) in [5.74, 6) is 0.0776. The Morgan fingerprint density at radius 3 is 2.79 bits per heavy atom. The zero-order valence-corrected chi connectivity index (χ0v) is 14.7. The third-order valence-electron chi connectivity index (χ3n) is 5.18. The van der Waals surface area contributed by atoms with Gasteiger partial charge in [0.05, 0.1) is 44.7 Å². The highest BCUT2D eigenvalue weighted by atomic mass is 16.5. The molecule has 0 aromatic heterocycles. The van der Waals surface area contributed by atoms with Gasteiger partial charge >= 0.3 is 0 Å². The lowest BCUT2D eigenvalue weighted by atomic mass is 9.99. The van der Waals surface area contributed by atoms with Crippen molar-refractivity contribution < 1.29 is 23.7 Å². The second-order valence-corrected chi connectivity index (χ2v) is 6.78. The van der Waals surface area contributed by atoms with E-state index in [9.17, 15) is 4.79 Å². The van der Waals surface area contributed by atoms with Crippen molar-refractivity contribution >= 4 is 5.91 Å². The summed E-state index contributed by atoms with van der Waals surface area (Å²) >= 11 is 0. The van der Waals surface area contributed by atoms with E-state index in [0.717, 1.165) is 65.3 Å². The largest absolute Gasteiger partial charge is 0.379 e. The van der Waals surface area contributed by atoms with Gasteiger partial charge in [0.15, 0.2) is 0 Å². The first-order valence-electron chi connectivity index (χ1n) is 9.09. The van der Waals surface area contributed by atoms with Crippen molar-refractivity contribution in [2.45, 2.75) is 37.5 Å². The van der Waals surface area contributed by atoms with Gasteiger partial charge in [0.25, 0.3) is 0 Å². The number of carbonyl (C=O) groups excluding carboxylic acids is 1. The molecule has 0 bridgehead atoms. The second kappa shape index (κ2) is 9.10. The molecule has 3 fully saturated rings. The predicted molar refractivity (Wildman–Crippen MR) is 88.0 cm³/mol. The Morgan fingerprint density at radius 2 is 2.00 bits per heavy atom. The molecule has 3 atom stereocenters. The molecule has 0 aliphatic carbocycles. The number of rotatable bonds is 7. The molecule has 7 nitrogen and oxygen atoms in total. The van der Waals surface area contributed by atoms with E-state index in [4.69, 9.17) is 18.9 Å². The van der Waals surface area contributed by atoms with Crippen molar-refractivity contribution in [3.8, 4) is 0 Å². The Balaban J connectivity index is 1.33. The van der Waals surface area contributed by atoms with Crippen LogP contribution in [0.1, 0.15) is 19.3 Å². The van der Waals surface area contributed by atoms with E-state index in [1.807, 2.05) is 4.90 Å². The van der Waals surface area contributed by atoms with E-state index in [1.54, 1.807) is 7.11 Å². The molecule has 3 rings (SSSR count). The van der Waals surface area contributed by atoms with Crippen molar-refractivity contribution in [3.63, 3.8) is 0 Å². The number of methoxy groups -OCH3 is 1. The van der Waals surface area contributed by atoms with Crippen LogP contribution in [0.4, 0.5) is 0 Å². The molecular weight excluding hydrogens is 312 g/mol. The maximum atomic E-state index is 12.1. The van der Waals surface area contributed by atoms with E-state index in [2.05, 4.69) is 4.90 Å². The third-order valence-corrected chi connectivity index (χ3v) is 5.18. The van der Waals surface area contributed by atoms with Gasteiger partial charge in [0.2, 0.25) is 5.91 Å². The predicted octanol–water partition coefficient (Wildman–Crippen LogP) is 0.130. The van der Waals surface area contributed by atoms with Gasteiger partial charge in [0, 0.05) is 33.3 Å². The minimum absolute atomic E-state index is 0.0776. The molecule has 3 aliphatic rings. The second-order valence-electron chi connectivity index (χ2n) is 6.78. The molecule has 3 aliphatic heterocycles. The molecule has 0 aromatic rings. The Morgan fingerprint density at radius 1 is 1.17 bits per heavy atom. The summed E-state index contributed by atoms with van der Waals surface area (Å²) in [5.41, 5.74) is 0. The maximum Gasteiger partial charge on any atom is 0.248 e. The highest BCUT2D eigenvalue weighted by Gasteiger charge is 2.41. The number of morpholine rings is 1. The first-order valence-corrected chi connectivity index (χ1v) is 9.09. The van der Waals surface area contributed by atoms with Crippen LogP contribution >= 0.6 is 0 Å². The molecule has 138 valence electrons. The number of ether oxygens (including phenoxy) is 4. The van der Waals surface area contributed by atoms with E-state index in [-0.39, 0.29) is 30.8 Å². The lowest BCUT2D eigenvalue weighted by molar-refractivity contribution is -0.142. The Kier molecular flexibility index (Phi) is 6.85. The van der Waals surface area contributed by atoms with Crippen LogP contribution in [0.2, 0.25) is 0 Å². The van der Waals surface area contributed by atoms with Crippen LogP contribution in [0.5, 0.6) is 0 Å². The fourth-order valence-electron chi connectivity index (χ4n) is 3.87. The normalized spacial score (nSPS) is 31.2. The fraction of sp³-hybridized carbons (Fsp3) is 0.941. The molecule has 0 spiro atoms. The summed E-state index contributed by atoms with van der Waals surface area (Å²) in [4.78, 5) is 16.4. The Bertz CT molecular complexity index is 402. The topological polar surface area (TPSA) is 60.5 Å². The van der Waals surface area contributed by atoms with Crippen molar-refractivity contribution in [1.82, 2.24) is 9.80 Å². The highest BCUT2D eigenvalue weighted by molar-refractivity contribution is 5.78. The van der Waals surface area contributed by atoms with Crippen LogP contribution in [0.25, 0.3) is 0 Å². The minimum atomic E-state index is 0.0776. The number of fused-ring (bicyclic) bond motifs is 1. The lowest BCUT2D eigenvalue weighted by Crippen LogP contribution is -2.47. The molecule has 0 aromatic carbocycles. The molecule has 0 unspecified atom stereocenters. The summed E-state index contributed by atoms with van der Waals surface area (Å²) in [6, 6.07) is 0.220. The fourth-order valence-corrected chi connectivity index (χ4v) is 3.87. The molecule has 0 radical (unpaired) electrons. The van der Waals surface area contributed by atoms with E-state index < -0.39 is 0 Å². The van der Waals surface area contributed by atoms with Crippen LogP contribution in [-0.2, 0) is 23.7 Å². The Hall–Kier alpha value is -0.730. The molecule has 0 saturated carbocycles. The average molecular weight is 342 g/mol. The highest BCUT2D eigenvalue weighted by Crippen LogP contribution is 2.31. The number of nitrogens with zero attached hydrogens (tertiary/aromatic N) is 2. The van der Waals surface area contributed by atoms with Gasteiger partial charge in [-0.25, -0.2) is 0 Å². The summed E-state index contributed by atoms with van der Waals surface area (Å²) in [7, 11) is 1.56. The van der Waals surface area contributed by atoms with Gasteiger partial charge in [-0.1, -0.05) is 0 Å². The smallest absolute Gasteiger partial charge is 0.248 e. The molecule has 24 heavy (non-hydrogen) atoms. The van der Waals surface area contributed by atoms with Crippen molar-refractivity contribution in [3.05, 3.63) is 0 Å². The van der Waals surface area contributed by atoms with Crippen LogP contribution in [0.3, 0.4) is 0 Å². The molecular formula is C17H30N2O5. The van der Waals surface area contributed by atoms with Crippen LogP contribution < -0.4 is 0 Å². The molecule has 1 amide bonds. The van der Waals surface area contributed by atoms with Crippen LogP contribution in [0, 0.1) is 0 Å².